The molecular weight excluding hydrogens is 318 g/mol. The first-order valence-corrected chi connectivity index (χ1v) is 7.73. The van der Waals surface area contributed by atoms with Gasteiger partial charge < -0.3 is 10.2 Å². The predicted molar refractivity (Wildman–Crippen MR) is 82.2 cm³/mol. The number of hydrogen-bond donors (Lipinski definition) is 2. The summed E-state index contributed by atoms with van der Waals surface area (Å²) in [7, 11) is -2.04. The van der Waals surface area contributed by atoms with Gasteiger partial charge in [0.1, 0.15) is 0 Å². The molecule has 118 valence electrons. The van der Waals surface area contributed by atoms with Crippen LogP contribution in [0.5, 0.6) is 0 Å². The van der Waals surface area contributed by atoms with Crippen molar-refractivity contribution in [3.8, 4) is 0 Å². The van der Waals surface area contributed by atoms with Crippen LogP contribution in [-0.4, -0.2) is 26.1 Å². The second-order valence-electron chi connectivity index (χ2n) is 4.45. The van der Waals surface area contributed by atoms with Crippen LogP contribution in [0.1, 0.15) is 12.8 Å². The summed E-state index contributed by atoms with van der Waals surface area (Å²) in [5, 5.41) is 0. The lowest BCUT2D eigenvalue weighted by Crippen LogP contribution is -2.25. The first-order valence-electron chi connectivity index (χ1n) is 6.25. The third-order valence-corrected chi connectivity index (χ3v) is 4.46. The fraction of sp³-hybridized carbons (Fsp3) is 0.417. The van der Waals surface area contributed by atoms with Crippen LogP contribution >= 0.6 is 12.4 Å². The zero-order chi connectivity index (χ0) is 14.8. The Morgan fingerprint density at radius 2 is 2.05 bits per heavy atom. The Kier molecular flexibility index (Phi) is 5.97. The minimum Gasteiger partial charge on any atom is -0.408 e. The monoisotopic (exact) mass is 335 g/mol. The van der Waals surface area contributed by atoms with Crippen LogP contribution in [0.3, 0.4) is 0 Å². The molecule has 0 atom stereocenters. The van der Waals surface area contributed by atoms with E-state index < -0.39 is 15.8 Å². The summed E-state index contributed by atoms with van der Waals surface area (Å²) in [6, 6.07) is 4.35. The molecule has 0 saturated carbocycles. The van der Waals surface area contributed by atoms with Gasteiger partial charge in [-0.05, 0) is 31.5 Å². The number of hydrogen-bond acceptors (Lipinski definition) is 5. The molecule has 0 bridgehead atoms. The van der Waals surface area contributed by atoms with Gasteiger partial charge in [-0.1, -0.05) is 0 Å². The summed E-state index contributed by atoms with van der Waals surface area (Å²) in [5.74, 6) is -0.523. The summed E-state index contributed by atoms with van der Waals surface area (Å²) in [6.07, 6.45) is 1.44. The number of halogens is 1. The second kappa shape index (κ2) is 7.08. The third-order valence-electron chi connectivity index (χ3n) is 3.00. The molecule has 1 aromatic heterocycles. The molecule has 1 heterocycles. The Balaban J connectivity index is 0.00000220. The van der Waals surface area contributed by atoms with E-state index in [1.165, 1.54) is 16.7 Å². The van der Waals surface area contributed by atoms with Crippen LogP contribution in [0.25, 0.3) is 11.1 Å². The standard InChI is InChI=1S/C12H17N3O4S.ClH/c1-15-10-5-4-9(8-11(10)19-12(15)16)20(17,18)14-7-3-2-6-13;/h4-5,8,14H,2-3,6-7,13H2,1H3;1H. The highest BCUT2D eigenvalue weighted by Gasteiger charge is 2.16. The molecule has 3 N–H and O–H groups in total. The van der Waals surface area contributed by atoms with Gasteiger partial charge in [-0.15, -0.1) is 12.4 Å². The largest absolute Gasteiger partial charge is 0.419 e. The average Bonchev–Trinajstić information content (AvgIpc) is 2.70. The van der Waals surface area contributed by atoms with Crippen molar-refractivity contribution in [2.45, 2.75) is 17.7 Å². The minimum absolute atomic E-state index is 0. The summed E-state index contributed by atoms with van der Waals surface area (Å²) >= 11 is 0. The molecule has 7 nitrogen and oxygen atoms in total. The Morgan fingerprint density at radius 1 is 1.33 bits per heavy atom. The molecule has 0 aliphatic heterocycles. The minimum atomic E-state index is -3.60. The Labute approximate surface area is 128 Å². The molecule has 0 aliphatic rings. The van der Waals surface area contributed by atoms with Crippen molar-refractivity contribution in [1.82, 2.24) is 9.29 Å². The molecule has 0 spiro atoms. The molecule has 0 aliphatic carbocycles. The zero-order valence-electron chi connectivity index (χ0n) is 11.5. The smallest absolute Gasteiger partial charge is 0.408 e. The first kappa shape index (κ1) is 17.7. The van der Waals surface area contributed by atoms with E-state index in [0.717, 1.165) is 6.42 Å². The van der Waals surface area contributed by atoms with Gasteiger partial charge in [0.2, 0.25) is 10.0 Å². The van der Waals surface area contributed by atoms with Crippen LogP contribution in [-0.2, 0) is 17.1 Å². The van der Waals surface area contributed by atoms with Gasteiger partial charge in [0.15, 0.2) is 5.58 Å². The maximum absolute atomic E-state index is 12.1. The molecule has 0 saturated heterocycles. The highest BCUT2D eigenvalue weighted by atomic mass is 35.5. The maximum Gasteiger partial charge on any atom is 0.419 e. The maximum atomic E-state index is 12.1. The van der Waals surface area contributed by atoms with Crippen molar-refractivity contribution in [1.29, 1.82) is 0 Å². The number of nitrogens with one attached hydrogen (secondary N) is 1. The van der Waals surface area contributed by atoms with Crippen molar-refractivity contribution >= 4 is 33.5 Å². The number of aryl methyl sites for hydroxylation is 1. The number of nitrogens with two attached hydrogens (primary N) is 1. The molecule has 0 fully saturated rings. The van der Waals surface area contributed by atoms with Gasteiger partial charge in [0, 0.05) is 19.7 Å². The van der Waals surface area contributed by atoms with Crippen molar-refractivity contribution in [2.24, 2.45) is 12.8 Å². The quantitative estimate of drug-likeness (QED) is 0.750. The lowest BCUT2D eigenvalue weighted by molar-refractivity contribution is 0.527. The predicted octanol–water partition coefficient (Wildman–Crippen LogP) is 0.571. The fourth-order valence-corrected chi connectivity index (χ4v) is 2.93. The molecule has 1 aromatic carbocycles. The average molecular weight is 336 g/mol. The summed E-state index contributed by atoms with van der Waals surface area (Å²) < 4.78 is 32.9. The highest BCUT2D eigenvalue weighted by molar-refractivity contribution is 7.89. The Bertz CT molecular complexity index is 766. The van der Waals surface area contributed by atoms with Crippen LogP contribution in [0.2, 0.25) is 0 Å². The molecule has 2 aromatic rings. The number of benzene rings is 1. The van der Waals surface area contributed by atoms with E-state index in [2.05, 4.69) is 4.72 Å². The lowest BCUT2D eigenvalue weighted by atomic mass is 10.3. The van der Waals surface area contributed by atoms with Gasteiger partial charge in [-0.2, -0.15) is 0 Å². The molecule has 0 unspecified atom stereocenters. The third kappa shape index (κ3) is 3.85. The van der Waals surface area contributed by atoms with E-state index in [1.54, 1.807) is 13.1 Å². The van der Waals surface area contributed by atoms with E-state index >= 15 is 0 Å². The normalized spacial score (nSPS) is 11.5. The number of fused-ring (bicyclic) bond motifs is 1. The zero-order valence-corrected chi connectivity index (χ0v) is 13.2. The molecule has 0 amide bonds. The topological polar surface area (TPSA) is 107 Å². The number of sulfonamides is 1. The van der Waals surface area contributed by atoms with Gasteiger partial charge in [-0.3, -0.25) is 4.57 Å². The van der Waals surface area contributed by atoms with Crippen LogP contribution < -0.4 is 16.2 Å². The van der Waals surface area contributed by atoms with Crippen LogP contribution in [0.4, 0.5) is 0 Å². The van der Waals surface area contributed by atoms with Gasteiger partial charge in [0.25, 0.3) is 0 Å². The molecule has 9 heteroatoms. The summed E-state index contributed by atoms with van der Waals surface area (Å²) in [4.78, 5) is 11.4. The summed E-state index contributed by atoms with van der Waals surface area (Å²) in [6.45, 7) is 0.860. The highest BCUT2D eigenvalue weighted by Crippen LogP contribution is 2.17. The van der Waals surface area contributed by atoms with Gasteiger partial charge >= 0.3 is 5.76 Å². The van der Waals surface area contributed by atoms with Gasteiger partial charge in [-0.25, -0.2) is 17.9 Å². The fourth-order valence-electron chi connectivity index (χ4n) is 1.84. The Hall–Kier alpha value is -1.35. The van der Waals surface area contributed by atoms with Crippen LogP contribution in [0, 0.1) is 0 Å². The van der Waals surface area contributed by atoms with Crippen LogP contribution in [0.15, 0.2) is 32.3 Å². The molecule has 0 radical (unpaired) electrons. The van der Waals surface area contributed by atoms with Crippen molar-refractivity contribution in [3.05, 3.63) is 28.7 Å². The van der Waals surface area contributed by atoms with Crippen molar-refractivity contribution < 1.29 is 12.8 Å². The SMILES string of the molecule is Cl.Cn1c(=O)oc2cc(S(=O)(=O)NCCCCN)ccc21. The first-order chi connectivity index (χ1) is 9.45. The van der Waals surface area contributed by atoms with E-state index in [0.29, 0.717) is 25.0 Å². The molecule has 2 rings (SSSR count). The van der Waals surface area contributed by atoms with Crippen molar-refractivity contribution in [3.63, 3.8) is 0 Å². The second-order valence-corrected chi connectivity index (χ2v) is 6.22. The van der Waals surface area contributed by atoms with Gasteiger partial charge in [0.05, 0.1) is 10.4 Å². The number of unbranched alkanes of at least 4 members (excludes halogenated alkanes) is 1. The molecular formula is C12H18ClN3O4S. The van der Waals surface area contributed by atoms with E-state index in [9.17, 15) is 13.2 Å². The van der Waals surface area contributed by atoms with E-state index in [4.69, 9.17) is 10.2 Å². The molecule has 21 heavy (non-hydrogen) atoms. The van der Waals surface area contributed by atoms with Crippen molar-refractivity contribution in [2.75, 3.05) is 13.1 Å². The lowest BCUT2D eigenvalue weighted by Gasteiger charge is -2.06. The Morgan fingerprint density at radius 3 is 2.71 bits per heavy atom. The number of oxazole rings is 1. The van der Waals surface area contributed by atoms with E-state index in [1.807, 2.05) is 0 Å². The number of nitrogens with zero attached hydrogens (tertiary/aromatic N) is 1. The van der Waals surface area contributed by atoms with E-state index in [-0.39, 0.29) is 22.9 Å². The number of rotatable bonds is 6. The summed E-state index contributed by atoms with van der Waals surface area (Å²) in [5.41, 5.74) is 6.15. The number of aromatic nitrogens is 1.